The lowest BCUT2D eigenvalue weighted by Gasteiger charge is -2.43. The number of pyridine rings is 1. The zero-order valence-electron chi connectivity index (χ0n) is 15.2. The van der Waals surface area contributed by atoms with Gasteiger partial charge in [0.25, 0.3) is 0 Å². The van der Waals surface area contributed by atoms with Crippen LogP contribution < -0.4 is 9.80 Å². The molecule has 2 bridgehead atoms. The number of piperazine rings is 1. The SMILES string of the molecule is CC(C)(C)c1ccc(N2CC3CCC(C2)N3c2ncccc2Cl)cc1. The fraction of sp³-hybridized carbons (Fsp3) is 0.476. The largest absolute Gasteiger partial charge is 0.367 e. The molecular formula is C21H26ClN3. The van der Waals surface area contributed by atoms with Crippen LogP contribution >= 0.6 is 11.6 Å². The molecule has 0 spiro atoms. The highest BCUT2D eigenvalue weighted by Crippen LogP contribution is 2.38. The fourth-order valence-electron chi connectivity index (χ4n) is 4.20. The third-order valence-corrected chi connectivity index (χ3v) is 5.86. The molecule has 25 heavy (non-hydrogen) atoms. The number of rotatable bonds is 2. The first kappa shape index (κ1) is 16.7. The summed E-state index contributed by atoms with van der Waals surface area (Å²) in [6, 6.07) is 14.0. The van der Waals surface area contributed by atoms with E-state index in [0.29, 0.717) is 12.1 Å². The van der Waals surface area contributed by atoms with Crippen LogP contribution in [-0.4, -0.2) is 30.2 Å². The number of benzene rings is 1. The monoisotopic (exact) mass is 355 g/mol. The van der Waals surface area contributed by atoms with Crippen LogP contribution in [0.1, 0.15) is 39.2 Å². The van der Waals surface area contributed by atoms with Gasteiger partial charge in [-0.2, -0.15) is 0 Å². The molecule has 1 aromatic heterocycles. The zero-order chi connectivity index (χ0) is 17.6. The van der Waals surface area contributed by atoms with E-state index in [9.17, 15) is 0 Å². The number of anilines is 2. The molecule has 2 fully saturated rings. The molecule has 4 heteroatoms. The number of aromatic nitrogens is 1. The molecular weight excluding hydrogens is 330 g/mol. The molecule has 3 heterocycles. The molecule has 3 nitrogen and oxygen atoms in total. The van der Waals surface area contributed by atoms with E-state index in [2.05, 4.69) is 59.8 Å². The van der Waals surface area contributed by atoms with Gasteiger partial charge in [0.05, 0.1) is 5.02 Å². The second kappa shape index (κ2) is 6.21. The molecule has 4 rings (SSSR count). The minimum absolute atomic E-state index is 0.200. The standard InChI is InChI=1S/C21H26ClN3/c1-21(2,3)15-6-8-16(9-7-15)24-13-17-10-11-18(14-24)25(17)20-19(22)5-4-12-23-20/h4-9,12,17-18H,10-11,13-14H2,1-3H3. The molecule has 0 N–H and O–H groups in total. The summed E-state index contributed by atoms with van der Waals surface area (Å²) in [5.74, 6) is 0.958. The molecule has 0 aliphatic carbocycles. The van der Waals surface area contributed by atoms with Gasteiger partial charge in [-0.05, 0) is 48.1 Å². The van der Waals surface area contributed by atoms with Crippen LogP contribution in [0, 0.1) is 0 Å². The van der Waals surface area contributed by atoms with E-state index < -0.39 is 0 Å². The van der Waals surface area contributed by atoms with Crippen molar-refractivity contribution in [2.45, 2.75) is 51.1 Å². The van der Waals surface area contributed by atoms with Crippen molar-refractivity contribution in [3.05, 3.63) is 53.2 Å². The molecule has 0 saturated carbocycles. The van der Waals surface area contributed by atoms with Crippen molar-refractivity contribution in [1.82, 2.24) is 4.98 Å². The van der Waals surface area contributed by atoms with Crippen LogP contribution in [0.15, 0.2) is 42.6 Å². The maximum absolute atomic E-state index is 6.41. The Hall–Kier alpha value is -1.74. The van der Waals surface area contributed by atoms with E-state index in [1.54, 1.807) is 0 Å². The highest BCUT2D eigenvalue weighted by atomic mass is 35.5. The van der Waals surface area contributed by atoms with Crippen LogP contribution in [0.25, 0.3) is 0 Å². The second-order valence-electron chi connectivity index (χ2n) is 8.30. The highest BCUT2D eigenvalue weighted by Gasteiger charge is 2.41. The molecule has 2 atom stereocenters. The van der Waals surface area contributed by atoms with Crippen LogP contribution in [0.5, 0.6) is 0 Å². The van der Waals surface area contributed by atoms with Crippen LogP contribution in [0.2, 0.25) is 5.02 Å². The number of halogens is 1. The lowest BCUT2D eigenvalue weighted by atomic mass is 9.87. The summed E-state index contributed by atoms with van der Waals surface area (Å²) >= 11 is 6.41. The summed E-state index contributed by atoms with van der Waals surface area (Å²) in [4.78, 5) is 9.55. The minimum atomic E-state index is 0.200. The topological polar surface area (TPSA) is 19.4 Å². The van der Waals surface area contributed by atoms with E-state index in [0.717, 1.165) is 23.9 Å². The van der Waals surface area contributed by atoms with Gasteiger partial charge in [-0.25, -0.2) is 4.98 Å². The van der Waals surface area contributed by atoms with Gasteiger partial charge in [-0.15, -0.1) is 0 Å². The smallest absolute Gasteiger partial charge is 0.147 e. The molecule has 132 valence electrons. The Kier molecular flexibility index (Phi) is 4.15. The van der Waals surface area contributed by atoms with E-state index in [1.165, 1.54) is 24.1 Å². The quantitative estimate of drug-likeness (QED) is 0.764. The summed E-state index contributed by atoms with van der Waals surface area (Å²) in [6.07, 6.45) is 4.28. The van der Waals surface area contributed by atoms with Gasteiger partial charge < -0.3 is 9.80 Å². The first-order valence-electron chi connectivity index (χ1n) is 9.18. The molecule has 2 aliphatic heterocycles. The molecule has 2 unspecified atom stereocenters. The predicted octanol–water partition coefficient (Wildman–Crippen LogP) is 4.89. The maximum Gasteiger partial charge on any atom is 0.147 e. The number of fused-ring (bicyclic) bond motifs is 2. The average molecular weight is 356 g/mol. The van der Waals surface area contributed by atoms with E-state index in [-0.39, 0.29) is 5.41 Å². The van der Waals surface area contributed by atoms with Crippen LogP contribution in [0.4, 0.5) is 11.5 Å². The second-order valence-corrected chi connectivity index (χ2v) is 8.71. The third kappa shape index (κ3) is 3.10. The van der Waals surface area contributed by atoms with Gasteiger partial charge in [0.2, 0.25) is 0 Å². The first-order chi connectivity index (χ1) is 11.9. The van der Waals surface area contributed by atoms with Gasteiger partial charge in [0.15, 0.2) is 0 Å². The summed E-state index contributed by atoms with van der Waals surface area (Å²) in [5.41, 5.74) is 2.92. The summed E-state index contributed by atoms with van der Waals surface area (Å²) in [6.45, 7) is 8.86. The highest BCUT2D eigenvalue weighted by molar-refractivity contribution is 6.32. The molecule has 0 radical (unpaired) electrons. The van der Waals surface area contributed by atoms with E-state index >= 15 is 0 Å². The van der Waals surface area contributed by atoms with Crippen molar-refractivity contribution >= 4 is 23.1 Å². The van der Waals surface area contributed by atoms with Crippen molar-refractivity contribution in [3.8, 4) is 0 Å². The van der Waals surface area contributed by atoms with E-state index in [4.69, 9.17) is 11.6 Å². The Morgan fingerprint density at radius 2 is 1.64 bits per heavy atom. The summed E-state index contributed by atoms with van der Waals surface area (Å²) < 4.78 is 0. The molecule has 2 aromatic rings. The Morgan fingerprint density at radius 1 is 1.00 bits per heavy atom. The van der Waals surface area contributed by atoms with Crippen LogP contribution in [-0.2, 0) is 5.41 Å². The van der Waals surface area contributed by atoms with Crippen LogP contribution in [0.3, 0.4) is 0 Å². The Balaban J connectivity index is 1.55. The normalized spacial score (nSPS) is 23.2. The van der Waals surface area contributed by atoms with Gasteiger partial charge >= 0.3 is 0 Å². The minimum Gasteiger partial charge on any atom is -0.367 e. The summed E-state index contributed by atoms with van der Waals surface area (Å²) in [5, 5.41) is 0.766. The number of hydrogen-bond donors (Lipinski definition) is 0. The lowest BCUT2D eigenvalue weighted by Crippen LogP contribution is -2.54. The van der Waals surface area contributed by atoms with Crippen molar-refractivity contribution in [2.24, 2.45) is 0 Å². The van der Waals surface area contributed by atoms with E-state index in [1.807, 2.05) is 18.3 Å². The third-order valence-electron chi connectivity index (χ3n) is 5.56. The number of nitrogens with zero attached hydrogens (tertiary/aromatic N) is 3. The molecule has 2 saturated heterocycles. The van der Waals surface area contributed by atoms with Crippen molar-refractivity contribution in [3.63, 3.8) is 0 Å². The van der Waals surface area contributed by atoms with Gasteiger partial charge in [-0.1, -0.05) is 44.5 Å². The Labute approximate surface area is 155 Å². The zero-order valence-corrected chi connectivity index (χ0v) is 16.0. The van der Waals surface area contributed by atoms with Gasteiger partial charge in [0.1, 0.15) is 5.82 Å². The Morgan fingerprint density at radius 3 is 2.20 bits per heavy atom. The van der Waals surface area contributed by atoms with Crippen molar-refractivity contribution in [1.29, 1.82) is 0 Å². The van der Waals surface area contributed by atoms with Gasteiger partial charge in [-0.3, -0.25) is 0 Å². The average Bonchev–Trinajstić information content (AvgIpc) is 2.84. The van der Waals surface area contributed by atoms with Crippen molar-refractivity contribution in [2.75, 3.05) is 22.9 Å². The Bertz CT molecular complexity index is 736. The number of hydrogen-bond acceptors (Lipinski definition) is 3. The lowest BCUT2D eigenvalue weighted by molar-refractivity contribution is 0.530. The van der Waals surface area contributed by atoms with Crippen molar-refractivity contribution < 1.29 is 0 Å². The fourth-order valence-corrected chi connectivity index (χ4v) is 4.42. The summed E-state index contributed by atoms with van der Waals surface area (Å²) in [7, 11) is 0. The molecule has 1 aromatic carbocycles. The predicted molar refractivity (Wildman–Crippen MR) is 106 cm³/mol. The maximum atomic E-state index is 6.41. The first-order valence-corrected chi connectivity index (χ1v) is 9.55. The molecule has 0 amide bonds. The van der Waals surface area contributed by atoms with Gasteiger partial charge in [0, 0.05) is 37.1 Å². The molecule has 2 aliphatic rings.